The number of hydrogen-bond donors (Lipinski definition) is 0. The van der Waals surface area contributed by atoms with Gasteiger partial charge < -0.3 is 0 Å². The molecule has 0 heterocycles. The van der Waals surface area contributed by atoms with Crippen molar-refractivity contribution in [1.29, 1.82) is 0 Å². The van der Waals surface area contributed by atoms with E-state index in [-0.39, 0.29) is 0 Å². The van der Waals surface area contributed by atoms with Gasteiger partial charge in [0.05, 0.1) is 7.85 Å². The maximum Gasteiger partial charge on any atom is 0.0695 e. The van der Waals surface area contributed by atoms with Crippen molar-refractivity contribution >= 4 is 7.85 Å². The zero-order chi connectivity index (χ0) is 19.1. The first-order valence-corrected chi connectivity index (χ1v) is 12.9. The molecular formula is C26H47B. The van der Waals surface area contributed by atoms with E-state index >= 15 is 0 Å². The zero-order valence-corrected chi connectivity index (χ0v) is 18.6. The molecule has 3 rings (SSSR count). The van der Waals surface area contributed by atoms with Crippen molar-refractivity contribution in [2.24, 2.45) is 35.5 Å². The Morgan fingerprint density at radius 1 is 0.630 bits per heavy atom. The van der Waals surface area contributed by atoms with Crippen LogP contribution in [0.25, 0.3) is 0 Å². The predicted molar refractivity (Wildman–Crippen MR) is 120 cm³/mol. The van der Waals surface area contributed by atoms with E-state index < -0.39 is 0 Å². The molecule has 0 amide bonds. The maximum absolute atomic E-state index is 6.05. The first kappa shape index (κ1) is 21.8. The minimum atomic E-state index is 0.389. The lowest BCUT2D eigenvalue weighted by molar-refractivity contribution is 0.0981. The van der Waals surface area contributed by atoms with Gasteiger partial charge in [0.1, 0.15) is 0 Å². The highest BCUT2D eigenvalue weighted by Gasteiger charge is 2.34. The van der Waals surface area contributed by atoms with Crippen molar-refractivity contribution in [3.05, 3.63) is 0 Å². The minimum Gasteiger partial charge on any atom is -0.0802 e. The van der Waals surface area contributed by atoms with Crippen LogP contribution in [0.2, 0.25) is 5.82 Å². The molecule has 1 heteroatoms. The van der Waals surface area contributed by atoms with Crippen molar-refractivity contribution in [3.63, 3.8) is 0 Å². The third-order valence-corrected chi connectivity index (χ3v) is 8.94. The molecule has 0 nitrogen and oxygen atoms in total. The second-order valence-electron chi connectivity index (χ2n) is 10.9. The van der Waals surface area contributed by atoms with Crippen LogP contribution in [0.4, 0.5) is 0 Å². The molecule has 0 aliphatic heterocycles. The molecule has 154 valence electrons. The van der Waals surface area contributed by atoms with E-state index in [2.05, 4.69) is 13.8 Å². The third-order valence-electron chi connectivity index (χ3n) is 8.94. The predicted octanol–water partition coefficient (Wildman–Crippen LogP) is 8.35. The molecule has 27 heavy (non-hydrogen) atoms. The van der Waals surface area contributed by atoms with E-state index in [1.807, 2.05) is 0 Å². The first-order chi connectivity index (χ1) is 13.2. The van der Waals surface area contributed by atoms with Crippen LogP contribution < -0.4 is 0 Å². The van der Waals surface area contributed by atoms with E-state index in [9.17, 15) is 0 Å². The van der Waals surface area contributed by atoms with Gasteiger partial charge in [0.15, 0.2) is 0 Å². The summed E-state index contributed by atoms with van der Waals surface area (Å²) < 4.78 is 0. The Morgan fingerprint density at radius 2 is 1.11 bits per heavy atom. The van der Waals surface area contributed by atoms with Crippen molar-refractivity contribution < 1.29 is 0 Å². The van der Waals surface area contributed by atoms with Crippen LogP contribution in [-0.4, -0.2) is 7.85 Å². The quantitative estimate of drug-likeness (QED) is 0.377. The summed E-state index contributed by atoms with van der Waals surface area (Å²) in [6, 6.07) is 0. The fraction of sp³-hybridized carbons (Fsp3) is 1.00. The van der Waals surface area contributed by atoms with Crippen molar-refractivity contribution in [3.8, 4) is 0 Å². The Balaban J connectivity index is 1.39. The molecule has 0 N–H and O–H groups in total. The molecule has 3 aliphatic carbocycles. The summed E-state index contributed by atoms with van der Waals surface area (Å²) in [5.41, 5.74) is 0. The van der Waals surface area contributed by atoms with Gasteiger partial charge in [-0.1, -0.05) is 77.5 Å². The molecule has 0 aromatic heterocycles. The monoisotopic (exact) mass is 370 g/mol. The first-order valence-electron chi connectivity index (χ1n) is 12.9. The standard InChI is InChI=1S/C26H47B/c1-3-7-21(11-10-20(2)27)23-12-16-25(17-13-23)26-18-14-24(15-19-26)22-8-5-4-6-9-22/h20-26H,3-19H2,1-2H3. The van der Waals surface area contributed by atoms with E-state index in [1.165, 1.54) is 57.8 Å². The zero-order valence-electron chi connectivity index (χ0n) is 18.6. The average Bonchev–Trinajstić information content (AvgIpc) is 2.72. The van der Waals surface area contributed by atoms with Crippen LogP contribution in [-0.2, 0) is 0 Å². The van der Waals surface area contributed by atoms with Gasteiger partial charge in [-0.15, -0.1) is 0 Å². The van der Waals surface area contributed by atoms with Crippen LogP contribution in [0.3, 0.4) is 0 Å². The minimum absolute atomic E-state index is 0.389. The highest BCUT2D eigenvalue weighted by Crippen LogP contribution is 2.47. The highest BCUT2D eigenvalue weighted by atomic mass is 14.4. The summed E-state index contributed by atoms with van der Waals surface area (Å²) in [6.07, 6.45) is 25.5. The molecule has 0 saturated heterocycles. The molecule has 3 aliphatic rings. The lowest BCUT2D eigenvalue weighted by Crippen LogP contribution is -2.30. The van der Waals surface area contributed by atoms with Crippen LogP contribution in [0.15, 0.2) is 0 Å². The van der Waals surface area contributed by atoms with Crippen molar-refractivity contribution in [2.45, 2.75) is 129 Å². The highest BCUT2D eigenvalue weighted by molar-refractivity contribution is 6.11. The Bertz CT molecular complexity index is 381. The molecule has 0 bridgehead atoms. The van der Waals surface area contributed by atoms with Crippen LogP contribution in [0, 0.1) is 35.5 Å². The molecule has 3 fully saturated rings. The van der Waals surface area contributed by atoms with Crippen LogP contribution in [0.1, 0.15) is 123 Å². The Labute approximate surface area is 172 Å². The fourth-order valence-electron chi connectivity index (χ4n) is 7.24. The summed E-state index contributed by atoms with van der Waals surface area (Å²) in [5, 5.41) is 0. The van der Waals surface area contributed by atoms with Gasteiger partial charge in [-0.3, -0.25) is 0 Å². The van der Waals surface area contributed by atoms with Gasteiger partial charge in [-0.05, 0) is 86.9 Å². The molecule has 2 atom stereocenters. The summed E-state index contributed by atoms with van der Waals surface area (Å²) in [6.45, 7) is 4.55. The van der Waals surface area contributed by atoms with Gasteiger partial charge in [0.2, 0.25) is 0 Å². The van der Waals surface area contributed by atoms with Gasteiger partial charge in [0, 0.05) is 0 Å². The second-order valence-corrected chi connectivity index (χ2v) is 10.9. The van der Waals surface area contributed by atoms with E-state index in [4.69, 9.17) is 7.85 Å². The van der Waals surface area contributed by atoms with Crippen molar-refractivity contribution in [1.82, 2.24) is 0 Å². The van der Waals surface area contributed by atoms with Crippen molar-refractivity contribution in [2.75, 3.05) is 0 Å². The van der Waals surface area contributed by atoms with E-state index in [1.54, 1.807) is 51.4 Å². The van der Waals surface area contributed by atoms with Gasteiger partial charge in [-0.25, -0.2) is 0 Å². The summed E-state index contributed by atoms with van der Waals surface area (Å²) in [5.74, 6) is 6.73. The lowest BCUT2D eigenvalue weighted by atomic mass is 9.64. The maximum atomic E-state index is 6.05. The third kappa shape index (κ3) is 6.53. The SMILES string of the molecule is [B]C(C)CCC(CCC)C1CCC(C2CCC(C3CCCCC3)CC2)CC1. The van der Waals surface area contributed by atoms with Crippen LogP contribution in [0.5, 0.6) is 0 Å². The van der Waals surface area contributed by atoms with Gasteiger partial charge >= 0.3 is 0 Å². The molecule has 2 radical (unpaired) electrons. The Hall–Kier alpha value is 0.0649. The topological polar surface area (TPSA) is 0 Å². The van der Waals surface area contributed by atoms with Gasteiger partial charge in [0.25, 0.3) is 0 Å². The molecule has 0 spiro atoms. The summed E-state index contributed by atoms with van der Waals surface area (Å²) >= 11 is 0. The Kier molecular flexibility index (Phi) is 9.11. The lowest BCUT2D eigenvalue weighted by Gasteiger charge is -2.42. The molecule has 0 aromatic rings. The molecule has 0 aromatic carbocycles. The molecular weight excluding hydrogens is 323 g/mol. The second kappa shape index (κ2) is 11.3. The van der Waals surface area contributed by atoms with Crippen LogP contribution >= 0.6 is 0 Å². The number of hydrogen-bond acceptors (Lipinski definition) is 0. The molecule has 3 saturated carbocycles. The normalized spacial score (nSPS) is 35.6. The summed E-state index contributed by atoms with van der Waals surface area (Å²) in [7, 11) is 6.05. The fourth-order valence-corrected chi connectivity index (χ4v) is 7.24. The average molecular weight is 370 g/mol. The molecule has 2 unspecified atom stereocenters. The van der Waals surface area contributed by atoms with E-state index in [0.717, 1.165) is 35.5 Å². The van der Waals surface area contributed by atoms with Gasteiger partial charge in [-0.2, -0.15) is 0 Å². The largest absolute Gasteiger partial charge is 0.0802 e. The number of rotatable bonds is 8. The Morgan fingerprint density at radius 3 is 1.59 bits per heavy atom. The smallest absolute Gasteiger partial charge is 0.0695 e. The summed E-state index contributed by atoms with van der Waals surface area (Å²) in [4.78, 5) is 0. The van der Waals surface area contributed by atoms with E-state index in [0.29, 0.717) is 5.82 Å².